The summed E-state index contributed by atoms with van der Waals surface area (Å²) >= 11 is 0. The summed E-state index contributed by atoms with van der Waals surface area (Å²) in [4.78, 5) is 26.0. The molecule has 6 nitrogen and oxygen atoms in total. The highest BCUT2D eigenvalue weighted by Crippen LogP contribution is 2.29. The van der Waals surface area contributed by atoms with Gasteiger partial charge in [0.2, 0.25) is 0 Å². The summed E-state index contributed by atoms with van der Waals surface area (Å²) in [5.41, 5.74) is 2.16. The Labute approximate surface area is 152 Å². The van der Waals surface area contributed by atoms with Gasteiger partial charge in [-0.1, -0.05) is 24.3 Å². The van der Waals surface area contributed by atoms with Crippen LogP contribution >= 0.6 is 0 Å². The van der Waals surface area contributed by atoms with Gasteiger partial charge in [0.25, 0.3) is 5.91 Å². The summed E-state index contributed by atoms with van der Waals surface area (Å²) in [6.07, 6.45) is 0. The highest BCUT2D eigenvalue weighted by molar-refractivity contribution is 5.95. The Morgan fingerprint density at radius 1 is 1.12 bits per heavy atom. The van der Waals surface area contributed by atoms with Gasteiger partial charge in [-0.3, -0.25) is 9.59 Å². The molecular formula is C20H21NO5. The maximum Gasteiger partial charge on any atom is 0.312 e. The van der Waals surface area contributed by atoms with E-state index in [1.807, 2.05) is 24.3 Å². The van der Waals surface area contributed by atoms with Gasteiger partial charge in [0, 0.05) is 25.8 Å². The lowest BCUT2D eigenvalue weighted by Crippen LogP contribution is -2.40. The van der Waals surface area contributed by atoms with E-state index in [1.165, 1.54) is 0 Å². The molecule has 2 aromatic carbocycles. The number of fused-ring (bicyclic) bond motifs is 1. The van der Waals surface area contributed by atoms with E-state index in [0.717, 1.165) is 11.1 Å². The summed E-state index contributed by atoms with van der Waals surface area (Å²) < 4.78 is 10.4. The fourth-order valence-corrected chi connectivity index (χ4v) is 3.09. The molecule has 1 aliphatic heterocycles. The molecule has 136 valence electrons. The fraction of sp³-hybridized carbons (Fsp3) is 0.300. The Balaban J connectivity index is 1.75. The Hall–Kier alpha value is -2.86. The second-order valence-electron chi connectivity index (χ2n) is 6.14. The van der Waals surface area contributed by atoms with Crippen molar-refractivity contribution < 1.29 is 24.2 Å². The van der Waals surface area contributed by atoms with Crippen LogP contribution in [0, 0.1) is 0 Å². The van der Waals surface area contributed by atoms with Gasteiger partial charge in [-0.2, -0.15) is 0 Å². The minimum Gasteiger partial charge on any atom is -0.491 e. The average molecular weight is 355 g/mol. The summed E-state index contributed by atoms with van der Waals surface area (Å²) in [6.45, 7) is 1.50. The van der Waals surface area contributed by atoms with Crippen molar-refractivity contribution in [1.82, 2.24) is 4.90 Å². The van der Waals surface area contributed by atoms with Gasteiger partial charge in [-0.05, 0) is 35.4 Å². The van der Waals surface area contributed by atoms with Crippen LogP contribution < -0.4 is 4.74 Å². The van der Waals surface area contributed by atoms with Crippen LogP contribution in [0.2, 0.25) is 0 Å². The standard InChI is InChI=1S/C20H21NO5/c1-25-10-11-26-16-8-6-14(7-9-16)19(22)21-12-15-4-2-3-5-17(15)18(13-21)20(23)24/h2-9,18H,10-13H2,1H3,(H,23,24). The predicted molar refractivity (Wildman–Crippen MR) is 95.4 cm³/mol. The molecule has 6 heteroatoms. The van der Waals surface area contributed by atoms with Crippen molar-refractivity contribution >= 4 is 11.9 Å². The van der Waals surface area contributed by atoms with E-state index in [2.05, 4.69) is 0 Å². The van der Waals surface area contributed by atoms with Crippen LogP contribution in [-0.2, 0) is 16.1 Å². The lowest BCUT2D eigenvalue weighted by Gasteiger charge is -2.32. The zero-order valence-corrected chi connectivity index (χ0v) is 14.6. The van der Waals surface area contributed by atoms with Crippen molar-refractivity contribution in [2.45, 2.75) is 12.5 Å². The Morgan fingerprint density at radius 2 is 1.85 bits per heavy atom. The third-order valence-corrected chi connectivity index (χ3v) is 4.44. The number of rotatable bonds is 6. The number of amides is 1. The first-order chi connectivity index (χ1) is 12.6. The molecule has 1 heterocycles. The quantitative estimate of drug-likeness (QED) is 0.806. The van der Waals surface area contributed by atoms with E-state index in [-0.39, 0.29) is 12.5 Å². The lowest BCUT2D eigenvalue weighted by molar-refractivity contribution is -0.139. The molecule has 0 aromatic heterocycles. The Bertz CT molecular complexity index is 787. The smallest absolute Gasteiger partial charge is 0.312 e. The van der Waals surface area contributed by atoms with E-state index in [0.29, 0.717) is 31.1 Å². The highest BCUT2D eigenvalue weighted by Gasteiger charge is 2.32. The number of aliphatic carboxylic acids is 1. The number of ether oxygens (including phenoxy) is 2. The molecule has 1 unspecified atom stereocenters. The Kier molecular flexibility index (Phi) is 5.53. The van der Waals surface area contributed by atoms with Crippen molar-refractivity contribution in [2.75, 3.05) is 26.9 Å². The number of hydrogen-bond donors (Lipinski definition) is 1. The third-order valence-electron chi connectivity index (χ3n) is 4.44. The first-order valence-electron chi connectivity index (χ1n) is 8.42. The maximum absolute atomic E-state index is 12.8. The number of carboxylic acid groups (broad SMARTS) is 1. The molecule has 1 atom stereocenters. The molecule has 26 heavy (non-hydrogen) atoms. The topological polar surface area (TPSA) is 76.1 Å². The monoisotopic (exact) mass is 355 g/mol. The molecular weight excluding hydrogens is 334 g/mol. The molecule has 0 aliphatic carbocycles. The number of methoxy groups -OCH3 is 1. The van der Waals surface area contributed by atoms with Crippen LogP contribution in [0.3, 0.4) is 0 Å². The van der Waals surface area contributed by atoms with Gasteiger partial charge in [-0.15, -0.1) is 0 Å². The van der Waals surface area contributed by atoms with Crippen LogP contribution in [-0.4, -0.2) is 48.8 Å². The molecule has 0 bridgehead atoms. The highest BCUT2D eigenvalue weighted by atomic mass is 16.5. The van der Waals surface area contributed by atoms with Gasteiger partial charge in [-0.25, -0.2) is 0 Å². The zero-order chi connectivity index (χ0) is 18.5. The van der Waals surface area contributed by atoms with Crippen LogP contribution in [0.5, 0.6) is 5.75 Å². The van der Waals surface area contributed by atoms with Crippen molar-refractivity contribution in [3.05, 3.63) is 65.2 Å². The number of carbonyl (C=O) groups excluding carboxylic acids is 1. The molecule has 1 N–H and O–H groups in total. The third kappa shape index (κ3) is 3.86. The van der Waals surface area contributed by atoms with E-state index in [9.17, 15) is 14.7 Å². The summed E-state index contributed by atoms with van der Waals surface area (Å²) in [5.74, 6) is -1.16. The molecule has 0 saturated carbocycles. The van der Waals surface area contributed by atoms with Crippen molar-refractivity contribution in [2.24, 2.45) is 0 Å². The minimum atomic E-state index is -0.920. The predicted octanol–water partition coefficient (Wildman–Crippen LogP) is 2.54. The fourth-order valence-electron chi connectivity index (χ4n) is 3.09. The van der Waals surface area contributed by atoms with Gasteiger partial charge in [0.15, 0.2) is 0 Å². The average Bonchev–Trinajstić information content (AvgIpc) is 2.67. The van der Waals surface area contributed by atoms with E-state index < -0.39 is 11.9 Å². The molecule has 0 fully saturated rings. The van der Waals surface area contributed by atoms with Crippen molar-refractivity contribution in [3.8, 4) is 5.75 Å². The molecule has 1 amide bonds. The molecule has 0 spiro atoms. The molecule has 0 saturated heterocycles. The number of carboxylic acids is 1. The number of carbonyl (C=O) groups is 2. The zero-order valence-electron chi connectivity index (χ0n) is 14.6. The van der Waals surface area contributed by atoms with E-state index >= 15 is 0 Å². The van der Waals surface area contributed by atoms with Gasteiger partial charge in [0.05, 0.1) is 12.5 Å². The lowest BCUT2D eigenvalue weighted by atomic mass is 9.89. The van der Waals surface area contributed by atoms with Crippen LogP contribution in [0.25, 0.3) is 0 Å². The van der Waals surface area contributed by atoms with E-state index in [4.69, 9.17) is 9.47 Å². The first kappa shape index (κ1) is 17.9. The van der Waals surface area contributed by atoms with Crippen LogP contribution in [0.15, 0.2) is 48.5 Å². The molecule has 2 aromatic rings. The first-order valence-corrected chi connectivity index (χ1v) is 8.42. The second kappa shape index (κ2) is 8.01. The van der Waals surface area contributed by atoms with Gasteiger partial charge >= 0.3 is 5.97 Å². The number of benzene rings is 2. The van der Waals surface area contributed by atoms with Crippen LogP contribution in [0.4, 0.5) is 0 Å². The van der Waals surface area contributed by atoms with Crippen molar-refractivity contribution in [3.63, 3.8) is 0 Å². The Morgan fingerprint density at radius 3 is 2.54 bits per heavy atom. The maximum atomic E-state index is 12.8. The summed E-state index contributed by atoms with van der Waals surface area (Å²) in [6, 6.07) is 14.2. The summed E-state index contributed by atoms with van der Waals surface area (Å²) in [7, 11) is 1.60. The second-order valence-corrected chi connectivity index (χ2v) is 6.14. The summed E-state index contributed by atoms with van der Waals surface area (Å²) in [5, 5.41) is 9.53. The number of hydrogen-bond acceptors (Lipinski definition) is 4. The SMILES string of the molecule is COCCOc1ccc(C(=O)N2Cc3ccccc3C(C(=O)O)C2)cc1. The minimum absolute atomic E-state index is 0.164. The van der Waals surface area contributed by atoms with E-state index in [1.54, 1.807) is 36.3 Å². The number of nitrogens with zero attached hydrogens (tertiary/aromatic N) is 1. The van der Waals surface area contributed by atoms with Gasteiger partial charge < -0.3 is 19.5 Å². The molecule has 1 aliphatic rings. The molecule has 0 radical (unpaired) electrons. The van der Waals surface area contributed by atoms with Gasteiger partial charge in [0.1, 0.15) is 12.4 Å². The molecule has 3 rings (SSSR count). The normalized spacial score (nSPS) is 16.0. The van der Waals surface area contributed by atoms with Crippen LogP contribution in [0.1, 0.15) is 27.4 Å². The largest absolute Gasteiger partial charge is 0.491 e. The van der Waals surface area contributed by atoms with Crippen molar-refractivity contribution in [1.29, 1.82) is 0 Å².